The maximum absolute atomic E-state index is 12.6. The predicted octanol–water partition coefficient (Wildman–Crippen LogP) is 4.28. The van der Waals surface area contributed by atoms with Gasteiger partial charge in [0.1, 0.15) is 40.5 Å². The molecule has 172 valence electrons. The lowest BCUT2D eigenvalue weighted by Gasteiger charge is -2.38. The van der Waals surface area contributed by atoms with Crippen molar-refractivity contribution in [3.05, 3.63) is 58.5 Å². The number of aryl methyl sites for hydroxylation is 1. The van der Waals surface area contributed by atoms with Crippen LogP contribution in [0.15, 0.2) is 47.3 Å². The van der Waals surface area contributed by atoms with E-state index in [0.29, 0.717) is 11.2 Å². The summed E-state index contributed by atoms with van der Waals surface area (Å²) in [5.74, 6) is 1.88. The van der Waals surface area contributed by atoms with E-state index in [4.69, 9.17) is 9.47 Å². The molecule has 7 heteroatoms. The number of hydrogen-bond donors (Lipinski definition) is 0. The van der Waals surface area contributed by atoms with Crippen LogP contribution in [0, 0.1) is 17.2 Å². The highest BCUT2D eigenvalue weighted by atomic mass is 16.5. The Balaban J connectivity index is 1.51. The van der Waals surface area contributed by atoms with E-state index in [1.165, 1.54) is 0 Å². The first kappa shape index (κ1) is 22.7. The topological polar surface area (TPSA) is 80.4 Å². The minimum Gasteiger partial charge on any atom is -0.490 e. The molecule has 2 aromatic heterocycles. The molecule has 1 fully saturated rings. The molecule has 0 bridgehead atoms. The van der Waals surface area contributed by atoms with Crippen molar-refractivity contribution in [2.45, 2.75) is 45.8 Å². The average Bonchev–Trinajstić information content (AvgIpc) is 2.77. The summed E-state index contributed by atoms with van der Waals surface area (Å²) in [6.45, 7) is 9.70. The third-order valence-corrected chi connectivity index (χ3v) is 5.89. The van der Waals surface area contributed by atoms with Crippen LogP contribution in [0.25, 0.3) is 11.0 Å². The molecule has 33 heavy (non-hydrogen) atoms. The van der Waals surface area contributed by atoms with Gasteiger partial charge in [-0.25, -0.2) is 4.98 Å². The van der Waals surface area contributed by atoms with Gasteiger partial charge in [0.05, 0.1) is 11.2 Å². The lowest BCUT2D eigenvalue weighted by molar-refractivity contribution is 0.119. The van der Waals surface area contributed by atoms with Crippen molar-refractivity contribution < 1.29 is 9.47 Å². The van der Waals surface area contributed by atoms with Gasteiger partial charge in [0.25, 0.3) is 5.56 Å². The van der Waals surface area contributed by atoms with Gasteiger partial charge < -0.3 is 18.9 Å². The summed E-state index contributed by atoms with van der Waals surface area (Å²) in [5, 5.41) is 9.29. The third-order valence-electron chi connectivity index (χ3n) is 5.89. The molecule has 0 spiro atoms. The fourth-order valence-electron chi connectivity index (χ4n) is 4.25. The second-order valence-corrected chi connectivity index (χ2v) is 9.66. The van der Waals surface area contributed by atoms with Gasteiger partial charge in [-0.3, -0.25) is 4.79 Å². The highest BCUT2D eigenvalue weighted by Crippen LogP contribution is 2.31. The van der Waals surface area contributed by atoms with Gasteiger partial charge in [0.2, 0.25) is 0 Å². The second kappa shape index (κ2) is 8.78. The van der Waals surface area contributed by atoms with E-state index in [9.17, 15) is 10.1 Å². The van der Waals surface area contributed by atoms with Crippen LogP contribution in [0.2, 0.25) is 0 Å². The number of piperidine rings is 1. The Morgan fingerprint density at radius 3 is 2.45 bits per heavy atom. The smallest absolute Gasteiger partial charge is 0.252 e. The second-order valence-electron chi connectivity index (χ2n) is 9.66. The van der Waals surface area contributed by atoms with Gasteiger partial charge in [0.15, 0.2) is 0 Å². The Labute approximate surface area is 194 Å². The van der Waals surface area contributed by atoms with Crippen molar-refractivity contribution in [1.82, 2.24) is 9.55 Å². The van der Waals surface area contributed by atoms with E-state index in [1.807, 2.05) is 45.0 Å². The van der Waals surface area contributed by atoms with Crippen molar-refractivity contribution in [2.75, 3.05) is 18.0 Å². The van der Waals surface area contributed by atoms with Crippen molar-refractivity contribution >= 4 is 16.7 Å². The number of nitriles is 1. The van der Waals surface area contributed by atoms with E-state index in [2.05, 4.69) is 22.9 Å². The number of nitrogens with zero attached hydrogens (tertiary/aromatic N) is 4. The van der Waals surface area contributed by atoms with Crippen molar-refractivity contribution in [3.8, 4) is 17.6 Å². The Kier molecular flexibility index (Phi) is 6.03. The summed E-state index contributed by atoms with van der Waals surface area (Å²) in [6, 6.07) is 14.9. The van der Waals surface area contributed by atoms with Crippen LogP contribution in [-0.4, -0.2) is 34.3 Å². The molecule has 1 aromatic carbocycles. The van der Waals surface area contributed by atoms with Crippen LogP contribution < -0.4 is 19.9 Å². The first-order valence-electron chi connectivity index (χ1n) is 11.3. The van der Waals surface area contributed by atoms with Crippen LogP contribution in [0.1, 0.15) is 39.8 Å². The number of fused-ring (bicyclic) bond motifs is 1. The standard InChI is InChI=1S/C26H30N4O3/c1-17-16-30(22-14-24(31)29(5)21-11-6-18(15-27)28-25(21)22)13-12-23(17)32-19-7-9-20(10-8-19)33-26(2,3)4/h6-11,14,17,23H,12-13,16H2,1-5H3. The summed E-state index contributed by atoms with van der Waals surface area (Å²) < 4.78 is 13.8. The van der Waals surface area contributed by atoms with Gasteiger partial charge in [-0.05, 0) is 57.2 Å². The molecule has 0 radical (unpaired) electrons. The van der Waals surface area contributed by atoms with E-state index in [0.717, 1.165) is 42.2 Å². The van der Waals surface area contributed by atoms with Crippen molar-refractivity contribution in [3.63, 3.8) is 0 Å². The summed E-state index contributed by atoms with van der Waals surface area (Å²) in [6.07, 6.45) is 0.881. The predicted molar refractivity (Wildman–Crippen MR) is 129 cm³/mol. The van der Waals surface area contributed by atoms with Crippen LogP contribution in [0.3, 0.4) is 0 Å². The molecular formula is C26H30N4O3. The zero-order valence-corrected chi connectivity index (χ0v) is 19.8. The number of anilines is 1. The normalized spacial score (nSPS) is 18.7. The minimum atomic E-state index is -0.241. The molecule has 0 aliphatic carbocycles. The molecule has 2 atom stereocenters. The molecule has 1 saturated heterocycles. The molecule has 4 rings (SSSR count). The highest BCUT2D eigenvalue weighted by Gasteiger charge is 2.29. The van der Waals surface area contributed by atoms with Crippen LogP contribution >= 0.6 is 0 Å². The fraction of sp³-hybridized carbons (Fsp3) is 0.423. The molecule has 3 aromatic rings. The SMILES string of the molecule is CC1CN(c2cc(=O)n(C)c3ccc(C#N)nc23)CCC1Oc1ccc(OC(C)(C)C)cc1. The molecule has 7 nitrogen and oxygen atoms in total. The molecule has 0 saturated carbocycles. The number of aromatic nitrogens is 2. The first-order chi connectivity index (χ1) is 15.6. The quantitative estimate of drug-likeness (QED) is 0.595. The largest absolute Gasteiger partial charge is 0.490 e. The van der Waals surface area contributed by atoms with Gasteiger partial charge in [-0.1, -0.05) is 6.92 Å². The summed E-state index contributed by atoms with van der Waals surface area (Å²) in [7, 11) is 1.72. The molecular weight excluding hydrogens is 416 g/mol. The summed E-state index contributed by atoms with van der Waals surface area (Å²) >= 11 is 0. The maximum atomic E-state index is 12.6. The van der Waals surface area contributed by atoms with Crippen LogP contribution in [0.4, 0.5) is 5.69 Å². The molecule has 0 amide bonds. The van der Waals surface area contributed by atoms with Crippen LogP contribution in [0.5, 0.6) is 11.5 Å². The highest BCUT2D eigenvalue weighted by molar-refractivity contribution is 5.88. The van der Waals surface area contributed by atoms with E-state index in [-0.39, 0.29) is 23.2 Å². The van der Waals surface area contributed by atoms with E-state index < -0.39 is 0 Å². The zero-order valence-electron chi connectivity index (χ0n) is 19.8. The van der Waals surface area contributed by atoms with Gasteiger partial charge in [-0.2, -0.15) is 5.26 Å². The van der Waals surface area contributed by atoms with E-state index in [1.54, 1.807) is 29.8 Å². The van der Waals surface area contributed by atoms with Crippen LogP contribution in [-0.2, 0) is 7.05 Å². The molecule has 0 N–H and O–H groups in total. The Morgan fingerprint density at radius 1 is 1.12 bits per heavy atom. The Hall–Kier alpha value is -3.53. The number of benzene rings is 1. The summed E-state index contributed by atoms with van der Waals surface area (Å²) in [4.78, 5) is 19.3. The minimum absolute atomic E-state index is 0.0658. The lowest BCUT2D eigenvalue weighted by atomic mass is 9.95. The molecule has 2 unspecified atom stereocenters. The number of rotatable bonds is 4. The lowest BCUT2D eigenvalue weighted by Crippen LogP contribution is -2.45. The summed E-state index contributed by atoms with van der Waals surface area (Å²) in [5.41, 5.74) is 2.19. The maximum Gasteiger partial charge on any atom is 0.252 e. The van der Waals surface area contributed by atoms with Crippen molar-refractivity contribution in [2.24, 2.45) is 13.0 Å². The number of ether oxygens (including phenoxy) is 2. The molecule has 1 aliphatic rings. The number of hydrogen-bond acceptors (Lipinski definition) is 6. The van der Waals surface area contributed by atoms with Gasteiger partial charge >= 0.3 is 0 Å². The Morgan fingerprint density at radius 2 is 1.82 bits per heavy atom. The van der Waals surface area contributed by atoms with Gasteiger partial charge in [0, 0.05) is 38.5 Å². The third kappa shape index (κ3) is 4.95. The van der Waals surface area contributed by atoms with Crippen molar-refractivity contribution in [1.29, 1.82) is 5.26 Å². The van der Waals surface area contributed by atoms with Gasteiger partial charge in [-0.15, -0.1) is 0 Å². The fourth-order valence-corrected chi connectivity index (χ4v) is 4.25. The Bertz CT molecular complexity index is 1250. The molecule has 3 heterocycles. The zero-order chi connectivity index (χ0) is 23.8. The number of pyridine rings is 2. The molecule has 1 aliphatic heterocycles. The monoisotopic (exact) mass is 446 g/mol. The average molecular weight is 447 g/mol. The van der Waals surface area contributed by atoms with E-state index >= 15 is 0 Å². The first-order valence-corrected chi connectivity index (χ1v) is 11.3.